The number of esters is 1. The molecule has 0 aliphatic rings. The van der Waals surface area contributed by atoms with Gasteiger partial charge in [-0.1, -0.05) is 6.92 Å². The third-order valence-corrected chi connectivity index (χ3v) is 1.74. The topological polar surface area (TPSA) is 35.5 Å². The largest absolute Gasteiger partial charge is 0.469 e. The summed E-state index contributed by atoms with van der Waals surface area (Å²) >= 11 is 0. The minimum absolute atomic E-state index is 0.135. The summed E-state index contributed by atoms with van der Waals surface area (Å²) in [4.78, 5) is 11.2. The molecule has 78 valence electrons. The predicted molar refractivity (Wildman–Crippen MR) is 51.5 cm³/mol. The SMILES string of the molecule is CCC(COC(C)(C)C)C(=O)OC. The quantitative estimate of drug-likeness (QED) is 0.633. The number of hydrogen-bond acceptors (Lipinski definition) is 3. The molecule has 0 heterocycles. The Bertz CT molecular complexity index is 158. The van der Waals surface area contributed by atoms with Crippen molar-refractivity contribution in [3.8, 4) is 0 Å². The lowest BCUT2D eigenvalue weighted by molar-refractivity contribution is -0.149. The summed E-state index contributed by atoms with van der Waals surface area (Å²) in [6.45, 7) is 8.30. The van der Waals surface area contributed by atoms with Crippen LogP contribution in [0.5, 0.6) is 0 Å². The molecule has 1 atom stereocenters. The van der Waals surface area contributed by atoms with Crippen molar-refractivity contribution in [2.24, 2.45) is 5.92 Å². The summed E-state index contributed by atoms with van der Waals surface area (Å²) in [5.41, 5.74) is -0.193. The van der Waals surface area contributed by atoms with Crippen molar-refractivity contribution in [1.29, 1.82) is 0 Å². The molecule has 0 radical (unpaired) electrons. The molecule has 0 aliphatic carbocycles. The van der Waals surface area contributed by atoms with Crippen molar-refractivity contribution >= 4 is 5.97 Å². The molecule has 0 fully saturated rings. The molecular formula is C10H20O3. The van der Waals surface area contributed by atoms with Crippen LogP contribution in [0, 0.1) is 5.92 Å². The molecule has 0 saturated carbocycles. The Kier molecular flexibility index (Phi) is 4.99. The van der Waals surface area contributed by atoms with Crippen molar-refractivity contribution < 1.29 is 14.3 Å². The first kappa shape index (κ1) is 12.4. The summed E-state index contributed by atoms with van der Waals surface area (Å²) in [7, 11) is 1.40. The van der Waals surface area contributed by atoms with Crippen molar-refractivity contribution in [2.45, 2.75) is 39.7 Å². The van der Waals surface area contributed by atoms with Crippen LogP contribution in [-0.2, 0) is 14.3 Å². The number of rotatable bonds is 4. The van der Waals surface area contributed by atoms with Gasteiger partial charge in [0.25, 0.3) is 0 Å². The highest BCUT2D eigenvalue weighted by Gasteiger charge is 2.20. The van der Waals surface area contributed by atoms with E-state index in [2.05, 4.69) is 4.74 Å². The van der Waals surface area contributed by atoms with E-state index in [-0.39, 0.29) is 17.5 Å². The van der Waals surface area contributed by atoms with Crippen LogP contribution >= 0.6 is 0 Å². The van der Waals surface area contributed by atoms with Gasteiger partial charge in [0.05, 0.1) is 25.2 Å². The van der Waals surface area contributed by atoms with Crippen molar-refractivity contribution in [3.05, 3.63) is 0 Å². The van der Waals surface area contributed by atoms with Gasteiger partial charge in [0.2, 0.25) is 0 Å². The molecule has 3 heteroatoms. The number of ether oxygens (including phenoxy) is 2. The lowest BCUT2D eigenvalue weighted by Gasteiger charge is -2.22. The molecule has 0 aromatic carbocycles. The Labute approximate surface area is 80.4 Å². The van der Waals surface area contributed by atoms with Gasteiger partial charge in [0.15, 0.2) is 0 Å². The van der Waals surface area contributed by atoms with Gasteiger partial charge in [-0.25, -0.2) is 0 Å². The van der Waals surface area contributed by atoms with E-state index < -0.39 is 0 Å². The number of carbonyl (C=O) groups excluding carboxylic acids is 1. The summed E-state index contributed by atoms with van der Waals surface area (Å²) < 4.78 is 10.2. The molecule has 13 heavy (non-hydrogen) atoms. The second kappa shape index (κ2) is 5.22. The number of methoxy groups -OCH3 is 1. The van der Waals surface area contributed by atoms with E-state index in [9.17, 15) is 4.79 Å². The highest BCUT2D eigenvalue weighted by molar-refractivity contribution is 5.72. The van der Waals surface area contributed by atoms with E-state index in [0.29, 0.717) is 6.61 Å². The van der Waals surface area contributed by atoms with Crippen LogP contribution < -0.4 is 0 Å². The van der Waals surface area contributed by atoms with E-state index in [4.69, 9.17) is 4.74 Å². The van der Waals surface area contributed by atoms with Crippen LogP contribution in [0.25, 0.3) is 0 Å². The van der Waals surface area contributed by atoms with Gasteiger partial charge < -0.3 is 9.47 Å². The van der Waals surface area contributed by atoms with Crippen LogP contribution in [0.15, 0.2) is 0 Å². The van der Waals surface area contributed by atoms with Crippen LogP contribution in [0.3, 0.4) is 0 Å². The van der Waals surface area contributed by atoms with Gasteiger partial charge in [0.1, 0.15) is 0 Å². The monoisotopic (exact) mass is 188 g/mol. The molecule has 0 bridgehead atoms. The Balaban J connectivity index is 3.93. The Morgan fingerprint density at radius 3 is 2.23 bits per heavy atom. The van der Waals surface area contributed by atoms with Gasteiger partial charge in [-0.2, -0.15) is 0 Å². The Morgan fingerprint density at radius 1 is 1.38 bits per heavy atom. The normalized spacial score (nSPS) is 13.9. The number of hydrogen-bond donors (Lipinski definition) is 0. The zero-order valence-corrected chi connectivity index (χ0v) is 9.22. The summed E-state index contributed by atoms with van der Waals surface area (Å²) in [5, 5.41) is 0. The van der Waals surface area contributed by atoms with Gasteiger partial charge in [-0.3, -0.25) is 4.79 Å². The standard InChI is InChI=1S/C10H20O3/c1-6-8(9(11)12-5)7-13-10(2,3)4/h8H,6-7H2,1-5H3. The van der Waals surface area contributed by atoms with E-state index in [1.54, 1.807) is 0 Å². The minimum Gasteiger partial charge on any atom is -0.469 e. The predicted octanol–water partition coefficient (Wildman–Crippen LogP) is 2.00. The maximum absolute atomic E-state index is 11.2. The second-order valence-electron chi connectivity index (χ2n) is 4.05. The smallest absolute Gasteiger partial charge is 0.310 e. The Morgan fingerprint density at radius 2 is 1.92 bits per heavy atom. The fraction of sp³-hybridized carbons (Fsp3) is 0.900. The highest BCUT2D eigenvalue weighted by atomic mass is 16.5. The third kappa shape index (κ3) is 5.64. The fourth-order valence-corrected chi connectivity index (χ4v) is 0.870. The second-order valence-corrected chi connectivity index (χ2v) is 4.05. The molecular weight excluding hydrogens is 168 g/mol. The van der Waals surface area contributed by atoms with Crippen molar-refractivity contribution in [3.63, 3.8) is 0 Å². The highest BCUT2D eigenvalue weighted by Crippen LogP contribution is 2.12. The fourth-order valence-electron chi connectivity index (χ4n) is 0.870. The minimum atomic E-state index is -0.193. The lowest BCUT2D eigenvalue weighted by atomic mass is 10.1. The molecule has 0 rings (SSSR count). The average Bonchev–Trinajstić information content (AvgIpc) is 2.03. The van der Waals surface area contributed by atoms with E-state index in [0.717, 1.165) is 6.42 Å². The van der Waals surface area contributed by atoms with Crippen molar-refractivity contribution in [2.75, 3.05) is 13.7 Å². The van der Waals surface area contributed by atoms with Crippen LogP contribution in [0.4, 0.5) is 0 Å². The molecule has 0 aromatic rings. The third-order valence-electron chi connectivity index (χ3n) is 1.74. The first-order chi connectivity index (χ1) is 5.90. The van der Waals surface area contributed by atoms with Gasteiger partial charge in [-0.15, -0.1) is 0 Å². The van der Waals surface area contributed by atoms with Crippen LogP contribution in [0.2, 0.25) is 0 Å². The van der Waals surface area contributed by atoms with E-state index in [1.165, 1.54) is 7.11 Å². The summed E-state index contributed by atoms with van der Waals surface area (Å²) in [5.74, 6) is -0.323. The molecule has 1 unspecified atom stereocenters. The van der Waals surface area contributed by atoms with Gasteiger partial charge >= 0.3 is 5.97 Å². The van der Waals surface area contributed by atoms with Crippen molar-refractivity contribution in [1.82, 2.24) is 0 Å². The zero-order chi connectivity index (χ0) is 10.5. The first-order valence-electron chi connectivity index (χ1n) is 4.62. The molecule has 0 aromatic heterocycles. The van der Waals surface area contributed by atoms with Gasteiger partial charge in [0, 0.05) is 0 Å². The summed E-state index contributed by atoms with van der Waals surface area (Å²) in [6.07, 6.45) is 0.753. The molecule has 0 saturated heterocycles. The number of carbonyl (C=O) groups is 1. The lowest BCUT2D eigenvalue weighted by Crippen LogP contribution is -2.27. The molecule has 0 spiro atoms. The molecule has 0 aliphatic heterocycles. The maximum atomic E-state index is 11.2. The average molecular weight is 188 g/mol. The molecule has 0 N–H and O–H groups in total. The Hall–Kier alpha value is -0.570. The van der Waals surface area contributed by atoms with Gasteiger partial charge in [-0.05, 0) is 27.2 Å². The van der Waals surface area contributed by atoms with Crippen LogP contribution in [0.1, 0.15) is 34.1 Å². The molecule has 3 nitrogen and oxygen atoms in total. The first-order valence-corrected chi connectivity index (χ1v) is 4.62. The zero-order valence-electron chi connectivity index (χ0n) is 9.22. The van der Waals surface area contributed by atoms with E-state index in [1.807, 2.05) is 27.7 Å². The molecule has 0 amide bonds. The summed E-state index contributed by atoms with van der Waals surface area (Å²) in [6, 6.07) is 0. The van der Waals surface area contributed by atoms with Crippen LogP contribution in [-0.4, -0.2) is 25.3 Å². The van der Waals surface area contributed by atoms with E-state index >= 15 is 0 Å². The maximum Gasteiger partial charge on any atom is 0.310 e.